The number of hydrogen-bond acceptors (Lipinski definition) is 5. The van der Waals surface area contributed by atoms with Crippen LogP contribution in [0, 0.1) is 5.92 Å². The fourth-order valence-electron chi connectivity index (χ4n) is 5.43. The fraction of sp³-hybridized carbons (Fsp3) is 0.516. The molecule has 0 unspecified atom stereocenters. The molecule has 0 spiro atoms. The van der Waals surface area contributed by atoms with Crippen LogP contribution in [0.25, 0.3) is 0 Å². The molecule has 0 radical (unpaired) electrons. The Bertz CT molecular complexity index is 1320. The number of benzene rings is 2. The highest BCUT2D eigenvalue weighted by molar-refractivity contribution is 5.99. The Morgan fingerprint density at radius 2 is 1.73 bits per heavy atom. The molecule has 2 aromatic rings. The van der Waals surface area contributed by atoms with Crippen molar-refractivity contribution in [1.82, 2.24) is 15.1 Å². The van der Waals surface area contributed by atoms with Crippen LogP contribution in [0.5, 0.6) is 5.75 Å². The highest BCUT2D eigenvalue weighted by Crippen LogP contribution is 2.32. The Morgan fingerprint density at radius 3 is 2.36 bits per heavy atom. The molecule has 5 amide bonds. The van der Waals surface area contributed by atoms with E-state index in [1.54, 1.807) is 30.0 Å². The van der Waals surface area contributed by atoms with E-state index in [2.05, 4.69) is 16.0 Å². The molecule has 4 N–H and O–H groups in total. The number of aliphatic hydroxyl groups excluding tert-OH is 1. The van der Waals surface area contributed by atoms with Crippen LogP contribution in [0.15, 0.2) is 42.5 Å². The summed E-state index contributed by atoms with van der Waals surface area (Å²) in [4.78, 5) is 42.2. The second-order valence-corrected chi connectivity index (χ2v) is 11.7. The highest BCUT2D eigenvalue weighted by Gasteiger charge is 2.34. The van der Waals surface area contributed by atoms with Gasteiger partial charge in [-0.15, -0.1) is 0 Å². The molecule has 4 rings (SSSR count). The molecule has 10 nitrogen and oxygen atoms in total. The maximum absolute atomic E-state index is 13.7. The Hall–Kier alpha value is -4.00. The van der Waals surface area contributed by atoms with E-state index >= 15 is 0 Å². The van der Waals surface area contributed by atoms with E-state index in [-0.39, 0.29) is 60.6 Å². The lowest BCUT2D eigenvalue weighted by Gasteiger charge is -2.38. The number of alkyl halides is 3. The van der Waals surface area contributed by atoms with Crippen LogP contribution >= 0.6 is 0 Å². The van der Waals surface area contributed by atoms with E-state index in [1.165, 1.54) is 24.1 Å². The molecule has 2 aromatic carbocycles. The van der Waals surface area contributed by atoms with E-state index in [0.29, 0.717) is 5.69 Å². The number of likely N-dealkylation sites (N-methyl/N-ethyl adjacent to an activating group) is 1. The maximum atomic E-state index is 13.7. The molecule has 1 saturated carbocycles. The molecule has 1 fully saturated rings. The molecule has 2 aliphatic rings. The largest absolute Gasteiger partial charge is 0.487 e. The second kappa shape index (κ2) is 14.2. The van der Waals surface area contributed by atoms with Crippen molar-refractivity contribution in [3.05, 3.63) is 53.6 Å². The van der Waals surface area contributed by atoms with Crippen LogP contribution in [0.1, 0.15) is 61.9 Å². The summed E-state index contributed by atoms with van der Waals surface area (Å²) in [6, 6.07) is 7.61. The summed E-state index contributed by atoms with van der Waals surface area (Å²) >= 11 is 0. The second-order valence-electron chi connectivity index (χ2n) is 11.7. The number of rotatable bonds is 7. The number of amides is 5. The number of halogens is 3. The average Bonchev–Trinajstić information content (AvgIpc) is 2.99. The number of carbonyl (C=O) groups excluding carboxylic acids is 3. The molecule has 1 aliphatic heterocycles. The van der Waals surface area contributed by atoms with Crippen LogP contribution < -0.4 is 20.7 Å². The number of anilines is 2. The predicted octanol–water partition coefficient (Wildman–Crippen LogP) is 5.54. The van der Waals surface area contributed by atoms with Crippen molar-refractivity contribution in [2.24, 2.45) is 5.92 Å². The first-order valence-corrected chi connectivity index (χ1v) is 14.8. The Kier molecular flexibility index (Phi) is 10.6. The number of nitrogens with zero attached hydrogens (tertiary/aromatic N) is 2. The van der Waals surface area contributed by atoms with Gasteiger partial charge in [-0.05, 0) is 62.2 Å². The molecule has 0 saturated heterocycles. The van der Waals surface area contributed by atoms with Crippen LogP contribution in [-0.4, -0.2) is 77.8 Å². The standard InChI is InChI=1S/C31H40F3N5O5/c1-19-16-39(20(2)18-40)28(41)25-15-24(36-29(42)35-22-7-5-4-6-8-22)13-14-26(25)44-27(19)17-38(3)30(43)37-23-11-9-21(10-12-23)31(32,33)34/h9-15,19-20,22,27,40H,4-8,16-18H2,1-3H3,(H,37,43)(H2,35,36,42)/t19-,20+,27+/m0/s1. The Labute approximate surface area is 254 Å². The topological polar surface area (TPSA) is 123 Å². The van der Waals surface area contributed by atoms with Crippen LogP contribution in [0.2, 0.25) is 0 Å². The molecular weight excluding hydrogens is 579 g/mol. The van der Waals surface area contributed by atoms with Gasteiger partial charge < -0.3 is 35.6 Å². The molecule has 1 heterocycles. The van der Waals surface area contributed by atoms with E-state index in [0.717, 1.165) is 44.2 Å². The van der Waals surface area contributed by atoms with Gasteiger partial charge in [-0.25, -0.2) is 9.59 Å². The molecule has 13 heteroatoms. The predicted molar refractivity (Wildman–Crippen MR) is 160 cm³/mol. The van der Waals surface area contributed by atoms with Crippen LogP contribution in [0.3, 0.4) is 0 Å². The van der Waals surface area contributed by atoms with Gasteiger partial charge >= 0.3 is 18.2 Å². The number of urea groups is 2. The Morgan fingerprint density at radius 1 is 1.07 bits per heavy atom. The normalized spacial score (nSPS) is 20.0. The molecule has 44 heavy (non-hydrogen) atoms. The summed E-state index contributed by atoms with van der Waals surface area (Å²) in [5, 5.41) is 18.3. The van der Waals surface area contributed by atoms with E-state index in [4.69, 9.17) is 4.74 Å². The van der Waals surface area contributed by atoms with Gasteiger partial charge in [0.25, 0.3) is 5.91 Å². The summed E-state index contributed by atoms with van der Waals surface area (Å²) in [5.41, 5.74) is -0.00930. The summed E-state index contributed by atoms with van der Waals surface area (Å²) < 4.78 is 45.0. The lowest BCUT2D eigenvalue weighted by molar-refractivity contribution is -0.137. The molecule has 0 aromatic heterocycles. The highest BCUT2D eigenvalue weighted by atomic mass is 19.4. The van der Waals surface area contributed by atoms with Gasteiger partial charge in [0, 0.05) is 36.9 Å². The number of fused-ring (bicyclic) bond motifs is 1. The lowest BCUT2D eigenvalue weighted by Crippen LogP contribution is -2.50. The van der Waals surface area contributed by atoms with Gasteiger partial charge in [0.05, 0.1) is 30.3 Å². The van der Waals surface area contributed by atoms with Crippen molar-refractivity contribution in [3.8, 4) is 5.75 Å². The van der Waals surface area contributed by atoms with Crippen molar-refractivity contribution in [3.63, 3.8) is 0 Å². The number of ether oxygens (including phenoxy) is 1. The molecule has 0 bridgehead atoms. The lowest BCUT2D eigenvalue weighted by atomic mass is 9.96. The SMILES string of the molecule is C[C@H](CO)N1C[C@H](C)[C@@H](CN(C)C(=O)Nc2ccc(C(F)(F)F)cc2)Oc2ccc(NC(=O)NC3CCCCC3)cc2C1=O. The molecule has 1 aliphatic carbocycles. The minimum Gasteiger partial charge on any atom is -0.487 e. The summed E-state index contributed by atoms with van der Waals surface area (Å²) in [7, 11) is 1.53. The number of nitrogens with one attached hydrogen (secondary N) is 3. The van der Waals surface area contributed by atoms with Gasteiger partial charge in [-0.2, -0.15) is 13.2 Å². The van der Waals surface area contributed by atoms with Crippen molar-refractivity contribution in [2.75, 3.05) is 37.4 Å². The van der Waals surface area contributed by atoms with E-state index < -0.39 is 29.9 Å². The fourth-order valence-corrected chi connectivity index (χ4v) is 5.43. The van der Waals surface area contributed by atoms with Crippen molar-refractivity contribution in [2.45, 2.75) is 70.3 Å². The van der Waals surface area contributed by atoms with Gasteiger partial charge in [0.1, 0.15) is 11.9 Å². The Balaban J connectivity index is 1.50. The molecule has 240 valence electrons. The average molecular weight is 620 g/mol. The first kappa shape index (κ1) is 32.9. The van der Waals surface area contributed by atoms with E-state index in [1.807, 2.05) is 6.92 Å². The molecule has 3 atom stereocenters. The zero-order valence-electron chi connectivity index (χ0n) is 25.1. The quantitative estimate of drug-likeness (QED) is 0.324. The van der Waals surface area contributed by atoms with Gasteiger partial charge in [0.2, 0.25) is 0 Å². The van der Waals surface area contributed by atoms with Gasteiger partial charge in [0.15, 0.2) is 0 Å². The number of carbonyl (C=O) groups is 3. The van der Waals surface area contributed by atoms with Crippen LogP contribution in [-0.2, 0) is 6.18 Å². The van der Waals surface area contributed by atoms with Crippen molar-refractivity contribution < 1.29 is 37.4 Å². The summed E-state index contributed by atoms with van der Waals surface area (Å²) in [6.45, 7) is 3.64. The van der Waals surface area contributed by atoms with E-state index in [9.17, 15) is 32.7 Å². The third kappa shape index (κ3) is 8.34. The summed E-state index contributed by atoms with van der Waals surface area (Å²) in [6.07, 6.45) is 0.0756. The van der Waals surface area contributed by atoms with Gasteiger partial charge in [-0.1, -0.05) is 26.2 Å². The van der Waals surface area contributed by atoms with Crippen LogP contribution in [0.4, 0.5) is 34.1 Å². The van der Waals surface area contributed by atoms with Crippen molar-refractivity contribution >= 4 is 29.3 Å². The summed E-state index contributed by atoms with van der Waals surface area (Å²) in [5.74, 6) is -0.380. The molecular formula is C31H40F3N5O5. The first-order valence-electron chi connectivity index (χ1n) is 14.8. The minimum atomic E-state index is -4.48. The maximum Gasteiger partial charge on any atom is 0.416 e. The number of aliphatic hydroxyl groups is 1. The third-order valence-electron chi connectivity index (χ3n) is 8.13. The number of hydrogen-bond donors (Lipinski definition) is 4. The third-order valence-corrected chi connectivity index (χ3v) is 8.13. The zero-order chi connectivity index (χ0) is 32.0. The first-order chi connectivity index (χ1) is 20.8. The zero-order valence-corrected chi connectivity index (χ0v) is 25.1. The van der Waals surface area contributed by atoms with Gasteiger partial charge in [-0.3, -0.25) is 4.79 Å². The monoisotopic (exact) mass is 619 g/mol. The minimum absolute atomic E-state index is 0.0897. The van der Waals surface area contributed by atoms with Crippen molar-refractivity contribution in [1.29, 1.82) is 0 Å². The smallest absolute Gasteiger partial charge is 0.416 e.